The summed E-state index contributed by atoms with van der Waals surface area (Å²) in [6.07, 6.45) is 0. The molecule has 0 radical (unpaired) electrons. The van der Waals surface area contributed by atoms with Gasteiger partial charge in [-0.25, -0.2) is 4.98 Å². The van der Waals surface area contributed by atoms with Gasteiger partial charge in [0.05, 0.1) is 14.2 Å². The number of amides is 1. The Labute approximate surface area is 191 Å². The summed E-state index contributed by atoms with van der Waals surface area (Å²) in [5.41, 5.74) is 0.842. The van der Waals surface area contributed by atoms with E-state index in [2.05, 4.69) is 15.1 Å². The third-order valence-corrected chi connectivity index (χ3v) is 6.54. The predicted molar refractivity (Wildman–Crippen MR) is 126 cm³/mol. The van der Waals surface area contributed by atoms with Gasteiger partial charge in [0.1, 0.15) is 27.5 Å². The molecule has 8 nitrogen and oxygen atoms in total. The molecule has 1 fully saturated rings. The average molecular weight is 457 g/mol. The lowest BCUT2D eigenvalue weighted by Gasteiger charge is -2.34. The molecule has 9 heteroatoms. The van der Waals surface area contributed by atoms with E-state index in [0.29, 0.717) is 12.3 Å². The molecule has 0 saturated carbocycles. The largest absolute Gasteiger partial charge is 0.495 e. The van der Waals surface area contributed by atoms with Gasteiger partial charge in [-0.2, -0.15) is 0 Å². The second kappa shape index (κ2) is 10.5. The van der Waals surface area contributed by atoms with E-state index in [1.165, 1.54) is 0 Å². The van der Waals surface area contributed by atoms with Gasteiger partial charge in [-0.3, -0.25) is 9.69 Å². The Morgan fingerprint density at radius 3 is 2.47 bits per heavy atom. The first-order chi connectivity index (χ1) is 15.7. The Hall–Kier alpha value is -3.04. The number of nitrogens with one attached hydrogen (secondary N) is 1. The second-order valence-corrected chi connectivity index (χ2v) is 8.40. The minimum Gasteiger partial charge on any atom is -0.495 e. The number of hydrogen-bond donors (Lipinski definition) is 1. The number of carbonyl (C=O) groups excluding carboxylic acids is 1. The summed E-state index contributed by atoms with van der Waals surface area (Å²) in [7, 11) is 3.33. The SMILES string of the molecule is COc1ccc(OC)c2sc(N3CCN(CCNC(=O)COc4ccccc4)CC3)nc12. The summed E-state index contributed by atoms with van der Waals surface area (Å²) in [5.74, 6) is 2.16. The van der Waals surface area contributed by atoms with Crippen molar-refractivity contribution >= 4 is 32.6 Å². The minimum absolute atomic E-state index is 0.0301. The maximum absolute atomic E-state index is 12.0. The van der Waals surface area contributed by atoms with E-state index in [1.807, 2.05) is 42.5 Å². The average Bonchev–Trinajstić information content (AvgIpc) is 3.29. The number of ether oxygens (including phenoxy) is 3. The molecule has 2 heterocycles. The number of aromatic nitrogens is 1. The molecule has 32 heavy (non-hydrogen) atoms. The summed E-state index contributed by atoms with van der Waals surface area (Å²) in [4.78, 5) is 21.5. The number of thiazole rings is 1. The lowest BCUT2D eigenvalue weighted by atomic mass is 10.3. The van der Waals surface area contributed by atoms with Gasteiger partial charge >= 0.3 is 0 Å². The molecule has 1 aliphatic rings. The van der Waals surface area contributed by atoms with Crippen LogP contribution in [0.15, 0.2) is 42.5 Å². The van der Waals surface area contributed by atoms with E-state index >= 15 is 0 Å². The van der Waals surface area contributed by atoms with Crippen molar-refractivity contribution in [2.75, 3.05) is 65.0 Å². The molecule has 0 bridgehead atoms. The molecular formula is C23H28N4O4S. The highest BCUT2D eigenvalue weighted by molar-refractivity contribution is 7.22. The number of methoxy groups -OCH3 is 2. The minimum atomic E-state index is -0.107. The summed E-state index contributed by atoms with van der Waals surface area (Å²) in [6.45, 7) is 5.05. The van der Waals surface area contributed by atoms with Crippen molar-refractivity contribution in [3.8, 4) is 17.2 Å². The number of rotatable bonds is 9. The third kappa shape index (κ3) is 5.23. The van der Waals surface area contributed by atoms with Crippen molar-refractivity contribution in [1.82, 2.24) is 15.2 Å². The van der Waals surface area contributed by atoms with Crippen LogP contribution in [0.4, 0.5) is 5.13 Å². The summed E-state index contributed by atoms with van der Waals surface area (Å²) in [6, 6.07) is 13.2. The van der Waals surface area contributed by atoms with Crippen LogP contribution >= 0.6 is 11.3 Å². The third-order valence-electron chi connectivity index (χ3n) is 5.41. The van der Waals surface area contributed by atoms with Crippen molar-refractivity contribution in [3.63, 3.8) is 0 Å². The Kier molecular flexibility index (Phi) is 7.28. The highest BCUT2D eigenvalue weighted by Crippen LogP contribution is 2.40. The molecular weight excluding hydrogens is 428 g/mol. The fourth-order valence-corrected chi connectivity index (χ4v) is 4.77. The van der Waals surface area contributed by atoms with Crippen LogP contribution in [-0.4, -0.2) is 75.9 Å². The van der Waals surface area contributed by atoms with Gasteiger partial charge in [-0.05, 0) is 24.3 Å². The van der Waals surface area contributed by atoms with Crippen molar-refractivity contribution in [1.29, 1.82) is 0 Å². The molecule has 1 aliphatic heterocycles. The van der Waals surface area contributed by atoms with Crippen molar-refractivity contribution < 1.29 is 19.0 Å². The number of anilines is 1. The second-order valence-electron chi connectivity index (χ2n) is 7.42. The van der Waals surface area contributed by atoms with Gasteiger partial charge in [0.25, 0.3) is 5.91 Å². The maximum atomic E-state index is 12.0. The fourth-order valence-electron chi connectivity index (χ4n) is 3.64. The highest BCUT2D eigenvalue weighted by Gasteiger charge is 2.22. The van der Waals surface area contributed by atoms with Crippen LogP contribution in [0.3, 0.4) is 0 Å². The molecule has 4 rings (SSSR count). The van der Waals surface area contributed by atoms with E-state index in [-0.39, 0.29) is 12.5 Å². The summed E-state index contributed by atoms with van der Waals surface area (Å²) >= 11 is 1.63. The van der Waals surface area contributed by atoms with E-state index in [9.17, 15) is 4.79 Å². The van der Waals surface area contributed by atoms with Crippen LogP contribution in [0.2, 0.25) is 0 Å². The van der Waals surface area contributed by atoms with Crippen molar-refractivity contribution in [3.05, 3.63) is 42.5 Å². The monoisotopic (exact) mass is 456 g/mol. The van der Waals surface area contributed by atoms with E-state index < -0.39 is 0 Å². The van der Waals surface area contributed by atoms with Crippen LogP contribution < -0.4 is 24.4 Å². The first kappa shape index (κ1) is 22.2. The van der Waals surface area contributed by atoms with Gasteiger partial charge in [-0.1, -0.05) is 29.5 Å². The Morgan fingerprint density at radius 2 is 1.75 bits per heavy atom. The number of para-hydroxylation sites is 1. The lowest BCUT2D eigenvalue weighted by Crippen LogP contribution is -2.48. The predicted octanol–water partition coefficient (Wildman–Crippen LogP) is 2.63. The molecule has 2 aromatic carbocycles. The molecule has 1 saturated heterocycles. The summed E-state index contributed by atoms with van der Waals surface area (Å²) < 4.78 is 17.4. The van der Waals surface area contributed by atoms with Crippen LogP contribution in [-0.2, 0) is 4.79 Å². The first-order valence-electron chi connectivity index (χ1n) is 10.6. The molecule has 3 aromatic rings. The normalized spacial score (nSPS) is 14.4. The number of nitrogens with zero attached hydrogens (tertiary/aromatic N) is 3. The molecule has 0 spiro atoms. The zero-order valence-corrected chi connectivity index (χ0v) is 19.2. The van der Waals surface area contributed by atoms with Crippen LogP contribution in [0, 0.1) is 0 Å². The number of carbonyl (C=O) groups is 1. The summed E-state index contributed by atoms with van der Waals surface area (Å²) in [5, 5.41) is 3.91. The smallest absolute Gasteiger partial charge is 0.257 e. The topological polar surface area (TPSA) is 76.2 Å². The van der Waals surface area contributed by atoms with Gasteiger partial charge in [0.2, 0.25) is 0 Å². The number of fused-ring (bicyclic) bond motifs is 1. The lowest BCUT2D eigenvalue weighted by molar-refractivity contribution is -0.123. The molecule has 1 aromatic heterocycles. The zero-order valence-electron chi connectivity index (χ0n) is 18.4. The highest BCUT2D eigenvalue weighted by atomic mass is 32.1. The molecule has 1 amide bonds. The van der Waals surface area contributed by atoms with Gasteiger partial charge in [0, 0.05) is 39.3 Å². The molecule has 0 aliphatic carbocycles. The standard InChI is InChI=1S/C23H28N4O4S/c1-29-18-8-9-19(30-2)22-21(18)25-23(32-22)27-14-12-26(13-15-27)11-10-24-20(28)16-31-17-6-4-3-5-7-17/h3-9H,10-16H2,1-2H3,(H,24,28). The van der Waals surface area contributed by atoms with Crippen LogP contribution in [0.5, 0.6) is 17.2 Å². The Bertz CT molecular complexity index is 994. The van der Waals surface area contributed by atoms with Crippen LogP contribution in [0.25, 0.3) is 10.2 Å². The van der Waals surface area contributed by atoms with Crippen molar-refractivity contribution in [2.45, 2.75) is 0 Å². The van der Waals surface area contributed by atoms with Gasteiger partial charge in [0.15, 0.2) is 11.7 Å². The van der Waals surface area contributed by atoms with Gasteiger partial charge in [-0.15, -0.1) is 0 Å². The molecule has 1 N–H and O–H groups in total. The Morgan fingerprint density at radius 1 is 1.03 bits per heavy atom. The number of benzene rings is 2. The van der Waals surface area contributed by atoms with Crippen LogP contribution in [0.1, 0.15) is 0 Å². The molecule has 0 unspecified atom stereocenters. The quantitative estimate of drug-likeness (QED) is 0.530. The van der Waals surface area contributed by atoms with E-state index in [4.69, 9.17) is 19.2 Å². The number of hydrogen-bond acceptors (Lipinski definition) is 8. The first-order valence-corrected chi connectivity index (χ1v) is 11.4. The number of piperazine rings is 1. The Balaban J connectivity index is 1.23. The fraction of sp³-hybridized carbons (Fsp3) is 0.391. The zero-order chi connectivity index (χ0) is 22.3. The molecule has 0 atom stereocenters. The van der Waals surface area contributed by atoms with Crippen molar-refractivity contribution in [2.24, 2.45) is 0 Å². The van der Waals surface area contributed by atoms with E-state index in [0.717, 1.165) is 59.6 Å². The van der Waals surface area contributed by atoms with Gasteiger partial charge < -0.3 is 24.4 Å². The van der Waals surface area contributed by atoms with E-state index in [1.54, 1.807) is 25.6 Å². The molecule has 170 valence electrons. The maximum Gasteiger partial charge on any atom is 0.257 e.